The Labute approximate surface area is 93.1 Å². The Kier molecular flexibility index (Phi) is 3.35. The molecule has 0 amide bonds. The normalized spacial score (nSPS) is 14.2. The number of nitro groups is 1. The van der Waals surface area contributed by atoms with Crippen LogP contribution in [0.1, 0.15) is 0 Å². The second-order valence-corrected chi connectivity index (χ2v) is 5.94. The molecule has 0 aliphatic rings. The number of rotatable bonds is 3. The molecule has 7 heteroatoms. The number of anilines is 1. The molecule has 0 bridgehead atoms. The lowest BCUT2D eigenvalue weighted by molar-refractivity contribution is -0.384. The minimum absolute atomic E-state index is 0.0964. The van der Waals surface area contributed by atoms with Gasteiger partial charge in [0.25, 0.3) is 5.69 Å². The number of hydrogen-bond acceptors (Lipinski definition) is 4. The molecule has 0 aliphatic carbocycles. The van der Waals surface area contributed by atoms with Crippen LogP contribution in [0.2, 0.25) is 0 Å². The predicted molar refractivity (Wildman–Crippen MR) is 62.8 cm³/mol. The van der Waals surface area contributed by atoms with E-state index in [4.69, 9.17) is 0 Å². The molecule has 0 aromatic heterocycles. The van der Waals surface area contributed by atoms with E-state index in [1.165, 1.54) is 24.9 Å². The van der Waals surface area contributed by atoms with Crippen LogP contribution in [0.25, 0.3) is 0 Å². The average molecular weight is 244 g/mol. The van der Waals surface area contributed by atoms with E-state index in [1.807, 2.05) is 0 Å². The van der Waals surface area contributed by atoms with Gasteiger partial charge in [0.2, 0.25) is 7.37 Å². The summed E-state index contributed by atoms with van der Waals surface area (Å²) in [4.78, 5) is 21.1. The Morgan fingerprint density at radius 1 is 1.44 bits per heavy atom. The summed E-state index contributed by atoms with van der Waals surface area (Å²) in [6.07, 6.45) is 0. The minimum atomic E-state index is -3.42. The summed E-state index contributed by atoms with van der Waals surface area (Å²) < 4.78 is 11.6. The van der Waals surface area contributed by atoms with Gasteiger partial charge in [-0.05, 0) is 6.07 Å². The number of nitro benzene ring substituents is 1. The maximum Gasteiger partial charge on any atom is 0.271 e. The van der Waals surface area contributed by atoms with E-state index in [9.17, 15) is 19.6 Å². The molecule has 88 valence electrons. The first-order valence-corrected chi connectivity index (χ1v) is 6.61. The van der Waals surface area contributed by atoms with Crippen LogP contribution in [0.5, 0.6) is 0 Å². The first-order chi connectivity index (χ1) is 7.23. The first-order valence-electron chi connectivity index (χ1n) is 4.50. The Morgan fingerprint density at radius 3 is 2.38 bits per heavy atom. The first kappa shape index (κ1) is 12.7. The minimum Gasteiger partial charge on any atom is -0.377 e. The van der Waals surface area contributed by atoms with E-state index in [2.05, 4.69) is 0 Å². The highest BCUT2D eigenvalue weighted by atomic mass is 31.2. The Bertz CT molecular complexity index is 467. The van der Waals surface area contributed by atoms with Crippen LogP contribution in [-0.2, 0) is 4.57 Å². The van der Waals surface area contributed by atoms with Gasteiger partial charge in [0.1, 0.15) is 0 Å². The third-order valence-corrected chi connectivity index (χ3v) is 3.37. The van der Waals surface area contributed by atoms with E-state index in [0.29, 0.717) is 5.69 Å². The standard InChI is InChI=1S/C9H13N2O4P/c1-10(2)8-6-7(11(12)13)4-5-9(8)16(3,14)15/h4-6H,1-3H3,(H,14,15). The van der Waals surface area contributed by atoms with Crippen molar-refractivity contribution in [1.29, 1.82) is 0 Å². The average Bonchev–Trinajstić information content (AvgIpc) is 2.15. The van der Waals surface area contributed by atoms with Gasteiger partial charge in [-0.15, -0.1) is 0 Å². The second-order valence-electron chi connectivity index (χ2n) is 3.70. The lowest BCUT2D eigenvalue weighted by Crippen LogP contribution is -2.19. The molecule has 16 heavy (non-hydrogen) atoms. The monoisotopic (exact) mass is 244 g/mol. The van der Waals surface area contributed by atoms with E-state index in [-0.39, 0.29) is 11.0 Å². The fraction of sp³-hybridized carbons (Fsp3) is 0.333. The van der Waals surface area contributed by atoms with Crippen molar-refractivity contribution in [2.75, 3.05) is 25.7 Å². The number of hydrogen-bond donors (Lipinski definition) is 1. The molecular weight excluding hydrogens is 231 g/mol. The van der Waals surface area contributed by atoms with E-state index in [0.717, 1.165) is 0 Å². The van der Waals surface area contributed by atoms with Gasteiger partial charge in [-0.1, -0.05) is 0 Å². The van der Waals surface area contributed by atoms with Crippen LogP contribution < -0.4 is 10.2 Å². The van der Waals surface area contributed by atoms with Gasteiger partial charge in [0, 0.05) is 32.9 Å². The second kappa shape index (κ2) is 4.23. The molecule has 1 aromatic carbocycles. The summed E-state index contributed by atoms with van der Waals surface area (Å²) in [5, 5.41) is 10.8. The van der Waals surface area contributed by atoms with Crippen molar-refractivity contribution in [3.8, 4) is 0 Å². The van der Waals surface area contributed by atoms with Crippen molar-refractivity contribution >= 4 is 24.0 Å². The molecule has 0 saturated heterocycles. The van der Waals surface area contributed by atoms with Crippen molar-refractivity contribution in [3.05, 3.63) is 28.3 Å². The lowest BCUT2D eigenvalue weighted by Gasteiger charge is -2.18. The molecule has 0 aliphatic heterocycles. The van der Waals surface area contributed by atoms with Crippen molar-refractivity contribution in [1.82, 2.24) is 0 Å². The summed E-state index contributed by atoms with van der Waals surface area (Å²) >= 11 is 0. The van der Waals surface area contributed by atoms with E-state index in [1.54, 1.807) is 19.0 Å². The van der Waals surface area contributed by atoms with Crippen LogP contribution in [-0.4, -0.2) is 30.6 Å². The zero-order valence-electron chi connectivity index (χ0n) is 9.25. The molecule has 1 N–H and O–H groups in total. The zero-order valence-corrected chi connectivity index (χ0v) is 10.1. The Morgan fingerprint density at radius 2 is 2.00 bits per heavy atom. The third kappa shape index (κ3) is 2.59. The molecule has 0 spiro atoms. The van der Waals surface area contributed by atoms with Crippen molar-refractivity contribution < 1.29 is 14.4 Å². The highest BCUT2D eigenvalue weighted by molar-refractivity contribution is 7.65. The largest absolute Gasteiger partial charge is 0.377 e. The van der Waals surface area contributed by atoms with Gasteiger partial charge in [0.15, 0.2) is 0 Å². The Hall–Kier alpha value is -1.39. The molecule has 1 atom stereocenters. The van der Waals surface area contributed by atoms with E-state index < -0.39 is 12.3 Å². The van der Waals surface area contributed by atoms with E-state index >= 15 is 0 Å². The molecule has 0 saturated carbocycles. The van der Waals surface area contributed by atoms with Crippen LogP contribution in [0.3, 0.4) is 0 Å². The number of nitrogens with zero attached hydrogens (tertiary/aromatic N) is 2. The summed E-state index contributed by atoms with van der Waals surface area (Å²) in [7, 11) is -0.0941. The van der Waals surface area contributed by atoms with Crippen LogP contribution in [0.15, 0.2) is 18.2 Å². The molecule has 0 fully saturated rings. The molecular formula is C9H13N2O4P. The van der Waals surface area contributed by atoms with Gasteiger partial charge in [0.05, 0.1) is 15.9 Å². The summed E-state index contributed by atoms with van der Waals surface area (Å²) in [5.74, 6) is 0. The van der Waals surface area contributed by atoms with Crippen molar-refractivity contribution in [2.24, 2.45) is 0 Å². The van der Waals surface area contributed by atoms with Crippen LogP contribution >= 0.6 is 7.37 Å². The molecule has 1 aromatic rings. The molecule has 1 rings (SSSR count). The van der Waals surface area contributed by atoms with Crippen molar-refractivity contribution in [3.63, 3.8) is 0 Å². The molecule has 1 unspecified atom stereocenters. The predicted octanol–water partition coefficient (Wildman–Crippen LogP) is 1.19. The maximum absolute atomic E-state index is 11.6. The zero-order chi connectivity index (χ0) is 12.5. The maximum atomic E-state index is 11.6. The summed E-state index contributed by atoms with van der Waals surface area (Å²) in [6.45, 7) is 1.21. The SMILES string of the molecule is CN(C)c1cc([N+](=O)[O-])ccc1P(C)(=O)O. The number of non-ortho nitro benzene ring substituents is 1. The Balaban J connectivity index is 3.43. The fourth-order valence-electron chi connectivity index (χ4n) is 1.33. The summed E-state index contributed by atoms with van der Waals surface area (Å²) in [5.41, 5.74) is 0.295. The van der Waals surface area contributed by atoms with Gasteiger partial charge < -0.3 is 9.79 Å². The smallest absolute Gasteiger partial charge is 0.271 e. The fourth-order valence-corrected chi connectivity index (χ4v) is 2.38. The molecule has 0 heterocycles. The quantitative estimate of drug-likeness (QED) is 0.490. The molecule has 0 radical (unpaired) electrons. The third-order valence-electron chi connectivity index (χ3n) is 2.10. The van der Waals surface area contributed by atoms with Gasteiger partial charge in [-0.25, -0.2) is 0 Å². The highest BCUT2D eigenvalue weighted by Crippen LogP contribution is 2.38. The lowest BCUT2D eigenvalue weighted by atomic mass is 10.2. The highest BCUT2D eigenvalue weighted by Gasteiger charge is 2.22. The topological polar surface area (TPSA) is 83.7 Å². The van der Waals surface area contributed by atoms with Gasteiger partial charge in [-0.3, -0.25) is 14.7 Å². The van der Waals surface area contributed by atoms with Crippen LogP contribution in [0.4, 0.5) is 11.4 Å². The summed E-state index contributed by atoms with van der Waals surface area (Å²) in [6, 6.07) is 3.85. The molecule has 6 nitrogen and oxygen atoms in total. The van der Waals surface area contributed by atoms with Gasteiger partial charge >= 0.3 is 0 Å². The van der Waals surface area contributed by atoms with Crippen LogP contribution in [0, 0.1) is 10.1 Å². The van der Waals surface area contributed by atoms with Crippen molar-refractivity contribution in [2.45, 2.75) is 0 Å². The number of benzene rings is 1. The van der Waals surface area contributed by atoms with Gasteiger partial charge in [-0.2, -0.15) is 0 Å².